The Morgan fingerprint density at radius 1 is 1.47 bits per heavy atom. The molecule has 0 aromatic heterocycles. The number of nitrogens with zero attached hydrogens (tertiary/aromatic N) is 1. The Hall–Kier alpha value is -1.62. The largest absolute Gasteiger partial charge is 0.352 e. The van der Waals surface area contributed by atoms with E-state index < -0.39 is 4.92 Å². The molecule has 1 aromatic carbocycles. The van der Waals surface area contributed by atoms with E-state index in [1.807, 2.05) is 0 Å². The summed E-state index contributed by atoms with van der Waals surface area (Å²) in [4.78, 5) is 22.0. The van der Waals surface area contributed by atoms with Crippen LogP contribution in [0.25, 0.3) is 0 Å². The van der Waals surface area contributed by atoms with E-state index in [9.17, 15) is 14.9 Å². The van der Waals surface area contributed by atoms with Crippen LogP contribution in [0.5, 0.6) is 0 Å². The molecule has 102 valence electrons. The van der Waals surface area contributed by atoms with Crippen LogP contribution in [0.15, 0.2) is 18.2 Å². The van der Waals surface area contributed by atoms with Gasteiger partial charge in [-0.1, -0.05) is 24.4 Å². The maximum atomic E-state index is 11.8. The number of carbonyl (C=O) groups is 1. The van der Waals surface area contributed by atoms with Crippen molar-refractivity contribution in [3.05, 3.63) is 38.9 Å². The standard InChI is InChI=1S/C13H15ClN2O3/c14-11-6-5-10(8-12(11)16(18)19)13(17)15-7-1-2-9-3-4-9/h5-6,8-9H,1-4,7H2,(H,15,17). The van der Waals surface area contributed by atoms with Crippen molar-refractivity contribution < 1.29 is 9.72 Å². The van der Waals surface area contributed by atoms with E-state index in [1.165, 1.54) is 31.0 Å². The molecule has 2 rings (SSSR count). The zero-order valence-corrected chi connectivity index (χ0v) is 11.2. The molecule has 1 saturated carbocycles. The molecule has 1 fully saturated rings. The van der Waals surface area contributed by atoms with Crippen molar-refractivity contribution in [2.24, 2.45) is 5.92 Å². The van der Waals surface area contributed by atoms with Crippen molar-refractivity contribution >= 4 is 23.2 Å². The van der Waals surface area contributed by atoms with E-state index in [4.69, 9.17) is 11.6 Å². The van der Waals surface area contributed by atoms with Crippen LogP contribution in [0.2, 0.25) is 5.02 Å². The highest BCUT2D eigenvalue weighted by Crippen LogP contribution is 2.33. The molecule has 1 aliphatic carbocycles. The van der Waals surface area contributed by atoms with Gasteiger partial charge in [-0.2, -0.15) is 0 Å². The third-order valence-electron chi connectivity index (χ3n) is 3.18. The normalized spacial score (nSPS) is 14.2. The van der Waals surface area contributed by atoms with Crippen LogP contribution < -0.4 is 5.32 Å². The molecule has 5 nitrogen and oxygen atoms in total. The van der Waals surface area contributed by atoms with Gasteiger partial charge in [0, 0.05) is 18.2 Å². The first-order chi connectivity index (χ1) is 9.08. The number of halogens is 1. The highest BCUT2D eigenvalue weighted by Gasteiger charge is 2.20. The second-order valence-corrected chi connectivity index (χ2v) is 5.17. The summed E-state index contributed by atoms with van der Waals surface area (Å²) in [6.45, 7) is 0.603. The summed E-state index contributed by atoms with van der Waals surface area (Å²) in [6.07, 6.45) is 4.70. The molecule has 19 heavy (non-hydrogen) atoms. The first kappa shape index (κ1) is 13.8. The minimum atomic E-state index is -0.591. The molecule has 0 heterocycles. The highest BCUT2D eigenvalue weighted by atomic mass is 35.5. The van der Waals surface area contributed by atoms with Crippen molar-refractivity contribution in [1.82, 2.24) is 5.32 Å². The Labute approximate surface area is 116 Å². The van der Waals surface area contributed by atoms with Crippen LogP contribution in [-0.4, -0.2) is 17.4 Å². The third-order valence-corrected chi connectivity index (χ3v) is 3.50. The van der Waals surface area contributed by atoms with Gasteiger partial charge in [-0.05, 0) is 30.9 Å². The molecule has 1 amide bonds. The topological polar surface area (TPSA) is 72.2 Å². The second kappa shape index (κ2) is 6.02. The van der Waals surface area contributed by atoms with E-state index in [0.29, 0.717) is 6.54 Å². The number of carbonyl (C=O) groups excluding carboxylic acids is 1. The number of benzene rings is 1. The Bertz CT molecular complexity index is 501. The summed E-state index contributed by atoms with van der Waals surface area (Å²) in [7, 11) is 0. The Morgan fingerprint density at radius 2 is 2.21 bits per heavy atom. The minimum absolute atomic E-state index is 0.0373. The molecule has 0 aliphatic heterocycles. The van der Waals surface area contributed by atoms with Crippen molar-refractivity contribution in [2.45, 2.75) is 25.7 Å². The highest BCUT2D eigenvalue weighted by molar-refractivity contribution is 6.32. The van der Waals surface area contributed by atoms with Crippen molar-refractivity contribution in [1.29, 1.82) is 0 Å². The van der Waals surface area contributed by atoms with E-state index in [0.717, 1.165) is 18.8 Å². The Balaban J connectivity index is 1.90. The van der Waals surface area contributed by atoms with Gasteiger partial charge in [-0.25, -0.2) is 0 Å². The number of nitro benzene ring substituents is 1. The molecule has 0 radical (unpaired) electrons. The lowest BCUT2D eigenvalue weighted by molar-refractivity contribution is -0.384. The van der Waals surface area contributed by atoms with Crippen molar-refractivity contribution in [3.63, 3.8) is 0 Å². The van der Waals surface area contributed by atoms with Crippen LogP contribution in [-0.2, 0) is 0 Å². The van der Waals surface area contributed by atoms with E-state index in [2.05, 4.69) is 5.32 Å². The zero-order chi connectivity index (χ0) is 13.8. The fraction of sp³-hybridized carbons (Fsp3) is 0.462. The van der Waals surface area contributed by atoms with Crippen LogP contribution >= 0.6 is 11.6 Å². The molecule has 6 heteroatoms. The number of nitro groups is 1. The molecule has 0 unspecified atom stereocenters. The maximum absolute atomic E-state index is 11.8. The molecule has 1 aromatic rings. The van der Waals surface area contributed by atoms with Gasteiger partial charge in [-0.3, -0.25) is 14.9 Å². The number of amides is 1. The average molecular weight is 283 g/mol. The summed E-state index contributed by atoms with van der Waals surface area (Å²) >= 11 is 5.69. The maximum Gasteiger partial charge on any atom is 0.288 e. The first-order valence-electron chi connectivity index (χ1n) is 6.30. The van der Waals surface area contributed by atoms with Gasteiger partial charge in [-0.15, -0.1) is 0 Å². The Kier molecular flexibility index (Phi) is 4.37. The minimum Gasteiger partial charge on any atom is -0.352 e. The molecule has 0 bridgehead atoms. The summed E-state index contributed by atoms with van der Waals surface area (Å²) in [5.41, 5.74) is 0.0230. The van der Waals surface area contributed by atoms with Crippen LogP contribution in [0.1, 0.15) is 36.0 Å². The van der Waals surface area contributed by atoms with E-state index in [1.54, 1.807) is 0 Å². The average Bonchev–Trinajstić information content (AvgIpc) is 3.18. The van der Waals surface area contributed by atoms with Crippen molar-refractivity contribution in [3.8, 4) is 0 Å². The van der Waals surface area contributed by atoms with Gasteiger partial charge >= 0.3 is 0 Å². The summed E-state index contributed by atoms with van der Waals surface area (Å²) in [5, 5.41) is 13.5. The lowest BCUT2D eigenvalue weighted by atomic mass is 10.2. The molecule has 0 atom stereocenters. The van der Waals surface area contributed by atoms with Gasteiger partial charge in [0.2, 0.25) is 0 Å². The van der Waals surface area contributed by atoms with Gasteiger partial charge in [0.15, 0.2) is 0 Å². The molecule has 1 N–H and O–H groups in total. The van der Waals surface area contributed by atoms with E-state index in [-0.39, 0.29) is 22.2 Å². The molecule has 0 spiro atoms. The van der Waals surface area contributed by atoms with Crippen LogP contribution in [0.3, 0.4) is 0 Å². The second-order valence-electron chi connectivity index (χ2n) is 4.76. The molecule has 1 aliphatic rings. The van der Waals surface area contributed by atoms with Gasteiger partial charge in [0.05, 0.1) is 4.92 Å². The summed E-state index contributed by atoms with van der Waals surface area (Å²) in [6, 6.07) is 4.07. The van der Waals surface area contributed by atoms with Gasteiger partial charge in [0.1, 0.15) is 5.02 Å². The molecular weight excluding hydrogens is 268 g/mol. The lowest BCUT2D eigenvalue weighted by Crippen LogP contribution is -2.24. The lowest BCUT2D eigenvalue weighted by Gasteiger charge is -2.05. The Morgan fingerprint density at radius 3 is 2.84 bits per heavy atom. The van der Waals surface area contributed by atoms with Gasteiger partial charge in [0.25, 0.3) is 11.6 Å². The first-order valence-corrected chi connectivity index (χ1v) is 6.68. The monoisotopic (exact) mass is 282 g/mol. The zero-order valence-electron chi connectivity index (χ0n) is 10.4. The number of nitrogens with one attached hydrogen (secondary N) is 1. The summed E-state index contributed by atoms with van der Waals surface area (Å²) < 4.78 is 0. The predicted molar refractivity (Wildman–Crippen MR) is 72.4 cm³/mol. The number of hydrogen-bond donors (Lipinski definition) is 1. The number of hydrogen-bond acceptors (Lipinski definition) is 3. The summed E-state index contributed by atoms with van der Waals surface area (Å²) in [5.74, 6) is 0.545. The van der Waals surface area contributed by atoms with Crippen LogP contribution in [0, 0.1) is 16.0 Å². The van der Waals surface area contributed by atoms with Crippen molar-refractivity contribution in [2.75, 3.05) is 6.54 Å². The predicted octanol–water partition coefficient (Wildman–Crippen LogP) is 3.17. The fourth-order valence-electron chi connectivity index (χ4n) is 1.90. The third kappa shape index (κ3) is 3.92. The fourth-order valence-corrected chi connectivity index (χ4v) is 2.08. The van der Waals surface area contributed by atoms with Gasteiger partial charge < -0.3 is 5.32 Å². The number of rotatable bonds is 6. The SMILES string of the molecule is O=C(NCCCC1CC1)c1ccc(Cl)c([N+](=O)[O-])c1. The molecule has 0 saturated heterocycles. The van der Waals surface area contributed by atoms with Crippen LogP contribution in [0.4, 0.5) is 5.69 Å². The molecular formula is C13H15ClN2O3. The quantitative estimate of drug-likeness (QED) is 0.495. The smallest absolute Gasteiger partial charge is 0.288 e. The van der Waals surface area contributed by atoms with E-state index >= 15 is 0 Å².